The minimum atomic E-state index is -3.72. The van der Waals surface area contributed by atoms with Gasteiger partial charge in [-0.2, -0.15) is 0 Å². The maximum atomic E-state index is 12.6. The van der Waals surface area contributed by atoms with Gasteiger partial charge in [0.05, 0.1) is 19.8 Å². The van der Waals surface area contributed by atoms with Crippen molar-refractivity contribution in [1.29, 1.82) is 0 Å². The molecule has 2 saturated heterocycles. The Balaban J connectivity index is 1.43. The van der Waals surface area contributed by atoms with Crippen LogP contribution in [0.2, 0.25) is 0 Å². The molecule has 1 unspecified atom stereocenters. The highest BCUT2D eigenvalue weighted by Gasteiger charge is 2.51. The number of fused-ring (bicyclic) bond motifs is 5. The van der Waals surface area contributed by atoms with Gasteiger partial charge in [0.2, 0.25) is 0 Å². The quantitative estimate of drug-likeness (QED) is 0.250. The molecular weight excluding hydrogens is 603 g/mol. The molecule has 4 N–H and O–H groups in total. The molecule has 42 heavy (non-hydrogen) atoms. The molecule has 19 heteroatoms. The van der Waals surface area contributed by atoms with Crippen molar-refractivity contribution >= 4 is 18.5 Å². The molecule has 232 valence electrons. The van der Waals surface area contributed by atoms with Crippen LogP contribution in [-0.4, -0.2) is 100.0 Å². The summed E-state index contributed by atoms with van der Waals surface area (Å²) in [5.41, 5.74) is -2.42. The van der Waals surface area contributed by atoms with Crippen LogP contribution in [0.4, 0.5) is 0 Å². The second-order valence-electron chi connectivity index (χ2n) is 9.79. The second-order valence-corrected chi connectivity index (χ2v) is 12.8. The molecule has 3 aliphatic rings. The second kappa shape index (κ2) is 12.7. The lowest BCUT2D eigenvalue weighted by Crippen LogP contribution is -2.40. The fraction of sp³-hybridized carbons (Fsp3) is 0.652. The third-order valence-electron chi connectivity index (χ3n) is 7.25. The van der Waals surface area contributed by atoms with Crippen LogP contribution in [0.25, 0.3) is 0 Å². The minimum Gasteiger partial charge on any atom is -0.394 e. The number of aromatic amines is 2. The molecule has 2 aromatic heterocycles. The Hall–Kier alpha value is -2.35. The topological polar surface area (TPSA) is 215 Å². The van der Waals surface area contributed by atoms with E-state index in [1.165, 1.54) is 26.6 Å². The van der Waals surface area contributed by atoms with Gasteiger partial charge in [0, 0.05) is 38.2 Å². The molecule has 2 fully saturated rings. The molecule has 5 heterocycles. The zero-order chi connectivity index (χ0) is 30.2. The van der Waals surface area contributed by atoms with Crippen molar-refractivity contribution in [3.63, 3.8) is 0 Å². The molecule has 2 aromatic rings. The summed E-state index contributed by atoms with van der Waals surface area (Å²) in [6.45, 7) is -4.63. The maximum Gasteiger partial charge on any atom is 0.330 e. The van der Waals surface area contributed by atoms with Gasteiger partial charge in [-0.25, -0.2) is 9.59 Å². The van der Waals surface area contributed by atoms with E-state index in [9.17, 15) is 29.4 Å². The summed E-state index contributed by atoms with van der Waals surface area (Å²) in [5, 5.41) is 21.0. The highest BCUT2D eigenvalue weighted by molar-refractivity contribution is 8.07. The number of H-pyrrole nitrogens is 2. The largest absolute Gasteiger partial charge is 0.394 e. The third-order valence-corrected chi connectivity index (χ3v) is 9.61. The number of hydrogen-bond donors (Lipinski definition) is 4. The number of hydrogen-bond acceptors (Lipinski definition) is 14. The SMILES string of the molecule is CO[C@@H]1[C@H](O)[C@H]2COP(=S)(O[C@H]3[C@@H](OC)[C@H](n4ccc(=O)[nH]c4=O)O[C@@H]3CO)OCCCc3cn(c(=O)[nH]c3=O)[C@@H]1O2. The van der Waals surface area contributed by atoms with E-state index in [2.05, 4.69) is 9.97 Å². The molecule has 17 nitrogen and oxygen atoms in total. The number of rotatable bonds is 6. The maximum absolute atomic E-state index is 12.6. The summed E-state index contributed by atoms with van der Waals surface area (Å²) in [7, 11) is 2.69. The average Bonchev–Trinajstić information content (AvgIpc) is 3.46. The van der Waals surface area contributed by atoms with Gasteiger partial charge in [0.1, 0.15) is 36.6 Å². The summed E-state index contributed by atoms with van der Waals surface area (Å²) < 4.78 is 43.1. The lowest BCUT2D eigenvalue weighted by Gasteiger charge is -2.30. The van der Waals surface area contributed by atoms with Gasteiger partial charge in [-0.05, 0) is 24.6 Å². The van der Waals surface area contributed by atoms with E-state index in [-0.39, 0.29) is 31.6 Å². The lowest BCUT2D eigenvalue weighted by molar-refractivity contribution is -0.0643. The van der Waals surface area contributed by atoms with Gasteiger partial charge in [-0.1, -0.05) is 0 Å². The number of aliphatic hydroxyl groups is 2. The Morgan fingerprint density at radius 1 is 1.02 bits per heavy atom. The van der Waals surface area contributed by atoms with Gasteiger partial charge in [-0.15, -0.1) is 0 Å². The van der Waals surface area contributed by atoms with Crippen LogP contribution in [0.1, 0.15) is 24.4 Å². The van der Waals surface area contributed by atoms with Crippen LogP contribution in [0.15, 0.2) is 37.6 Å². The molecule has 0 aliphatic carbocycles. The van der Waals surface area contributed by atoms with E-state index in [0.717, 1.165) is 15.2 Å². The molecule has 0 spiro atoms. The zero-order valence-electron chi connectivity index (χ0n) is 22.5. The number of nitrogens with zero attached hydrogens (tertiary/aromatic N) is 2. The summed E-state index contributed by atoms with van der Waals surface area (Å²) >= 11 is 5.71. The van der Waals surface area contributed by atoms with Crippen molar-refractivity contribution in [2.45, 2.75) is 61.9 Å². The predicted molar refractivity (Wildman–Crippen MR) is 145 cm³/mol. The van der Waals surface area contributed by atoms with Crippen molar-refractivity contribution < 1.29 is 42.7 Å². The molecule has 5 rings (SSSR count). The lowest BCUT2D eigenvalue weighted by atomic mass is 10.1. The first kappa shape index (κ1) is 31.1. The first-order valence-corrected chi connectivity index (χ1v) is 15.5. The number of methoxy groups -OCH3 is 2. The number of nitrogens with one attached hydrogen (secondary N) is 2. The van der Waals surface area contributed by atoms with Gasteiger partial charge in [0.25, 0.3) is 11.1 Å². The van der Waals surface area contributed by atoms with Crippen LogP contribution >= 0.6 is 6.72 Å². The van der Waals surface area contributed by atoms with E-state index >= 15 is 0 Å². The van der Waals surface area contributed by atoms with Crippen molar-refractivity contribution in [3.05, 3.63) is 65.7 Å². The molecule has 0 amide bonds. The van der Waals surface area contributed by atoms with Crippen LogP contribution in [0.3, 0.4) is 0 Å². The van der Waals surface area contributed by atoms with E-state index in [1.54, 1.807) is 0 Å². The van der Waals surface area contributed by atoms with Crippen molar-refractivity contribution in [2.24, 2.45) is 0 Å². The van der Waals surface area contributed by atoms with Gasteiger partial charge >= 0.3 is 18.1 Å². The Labute approximate surface area is 242 Å². The van der Waals surface area contributed by atoms with Crippen LogP contribution in [0.5, 0.6) is 0 Å². The van der Waals surface area contributed by atoms with Crippen LogP contribution in [0, 0.1) is 0 Å². The fourth-order valence-electron chi connectivity index (χ4n) is 5.16. The van der Waals surface area contributed by atoms with Crippen molar-refractivity contribution in [2.75, 3.05) is 34.0 Å². The smallest absolute Gasteiger partial charge is 0.330 e. The molecule has 3 aliphatic heterocycles. The minimum absolute atomic E-state index is 0.0220. The predicted octanol–water partition coefficient (Wildman–Crippen LogP) is -2.15. The molecular formula is C23H31N4O13PS. The first-order chi connectivity index (χ1) is 20.1. The highest BCUT2D eigenvalue weighted by atomic mass is 32.5. The number of aliphatic hydroxyl groups excluding tert-OH is 2. The summed E-state index contributed by atoms with van der Waals surface area (Å²) in [5.74, 6) is 0. The van der Waals surface area contributed by atoms with E-state index in [1.807, 2.05) is 0 Å². The number of ether oxygens (including phenoxy) is 4. The van der Waals surface area contributed by atoms with Crippen LogP contribution < -0.4 is 22.5 Å². The Kier molecular flexibility index (Phi) is 9.41. The Bertz CT molecular complexity index is 1560. The molecule has 9 atom stereocenters. The summed E-state index contributed by atoms with van der Waals surface area (Å²) in [6.07, 6.45) is -5.60. The van der Waals surface area contributed by atoms with Gasteiger partial charge < -0.3 is 38.2 Å². The normalized spacial score (nSPS) is 35.3. The van der Waals surface area contributed by atoms with Crippen molar-refractivity contribution in [3.8, 4) is 0 Å². The summed E-state index contributed by atoms with van der Waals surface area (Å²) in [6, 6.07) is 1.13. The van der Waals surface area contributed by atoms with Gasteiger partial charge in [-0.3, -0.25) is 33.2 Å². The monoisotopic (exact) mass is 634 g/mol. The van der Waals surface area contributed by atoms with E-state index < -0.39 is 84.9 Å². The Morgan fingerprint density at radius 2 is 1.74 bits per heavy atom. The molecule has 0 aromatic carbocycles. The molecule has 4 bridgehead atoms. The standard InChI is InChI=1S/C23H31N4O13PS/c1-34-17-15(30)13-10-37-41(42,36-7-3-4-11-8-27(20(17)39-13)23(33)25-19(11)31)40-16-12(9-28)38-21(18(16)35-2)26-6-5-14(29)24-22(26)32/h5-6,8,12-13,15-18,20-21,28,30H,3-4,7,9-10H2,1-2H3,(H,24,29,32)(H,25,31,33)/t12-,13-,15-,16-,17-,18-,20-,21-,41?/m1/s1. The Morgan fingerprint density at radius 3 is 2.43 bits per heavy atom. The third kappa shape index (κ3) is 6.02. The zero-order valence-corrected chi connectivity index (χ0v) is 24.2. The molecule has 0 radical (unpaired) electrons. The van der Waals surface area contributed by atoms with E-state index in [0.29, 0.717) is 0 Å². The van der Waals surface area contributed by atoms with E-state index in [4.69, 9.17) is 44.3 Å². The number of aryl methyl sites for hydroxylation is 1. The molecule has 0 saturated carbocycles. The van der Waals surface area contributed by atoms with Gasteiger partial charge in [0.15, 0.2) is 12.5 Å². The fourth-order valence-corrected chi connectivity index (χ4v) is 7.30. The van der Waals surface area contributed by atoms with Crippen molar-refractivity contribution in [1.82, 2.24) is 19.1 Å². The first-order valence-electron chi connectivity index (χ1n) is 13.0. The van der Waals surface area contributed by atoms with Crippen LogP contribution in [-0.2, 0) is 50.7 Å². The average molecular weight is 635 g/mol. The summed E-state index contributed by atoms with van der Waals surface area (Å²) in [4.78, 5) is 53.5. The number of aromatic nitrogens is 4. The highest BCUT2D eigenvalue weighted by Crippen LogP contribution is 2.54.